The van der Waals surface area contributed by atoms with Crippen molar-refractivity contribution >= 4 is 16.4 Å². The second kappa shape index (κ2) is 32.3. The molecule has 308 valence electrons. The van der Waals surface area contributed by atoms with E-state index in [9.17, 15) is 28.5 Å². The van der Waals surface area contributed by atoms with Gasteiger partial charge in [-0.3, -0.25) is 9.35 Å². The van der Waals surface area contributed by atoms with Gasteiger partial charge in [0.15, 0.2) is 6.29 Å². The second-order valence-electron chi connectivity index (χ2n) is 13.5. The van der Waals surface area contributed by atoms with Crippen molar-refractivity contribution < 1.29 is 56.2 Å². The smallest absolute Gasteiger partial charge is 0.397 e. The summed E-state index contributed by atoms with van der Waals surface area (Å²) in [5.74, 6) is -0.416. The average Bonchev–Trinajstić information content (AvgIpc) is 3.12. The van der Waals surface area contributed by atoms with Crippen molar-refractivity contribution in [1.29, 1.82) is 0 Å². The van der Waals surface area contributed by atoms with E-state index in [1.165, 1.54) is 38.5 Å². The van der Waals surface area contributed by atoms with Gasteiger partial charge in [-0.05, 0) is 51.4 Å². The summed E-state index contributed by atoms with van der Waals surface area (Å²) < 4.78 is 58.7. The van der Waals surface area contributed by atoms with Crippen molar-refractivity contribution in [2.75, 3.05) is 26.4 Å². The molecule has 0 radical (unpaired) electrons. The number of aliphatic hydroxyl groups is 3. The lowest BCUT2D eigenvalue weighted by Crippen LogP contribution is -2.60. The van der Waals surface area contributed by atoms with E-state index >= 15 is 0 Å². The largest absolute Gasteiger partial charge is 0.457 e. The van der Waals surface area contributed by atoms with Crippen molar-refractivity contribution in [3.8, 4) is 0 Å². The van der Waals surface area contributed by atoms with Gasteiger partial charge >= 0.3 is 16.4 Å². The number of carbonyl (C=O) groups is 1. The van der Waals surface area contributed by atoms with Crippen LogP contribution >= 0.6 is 0 Å². The van der Waals surface area contributed by atoms with Gasteiger partial charge in [0.1, 0.15) is 30.5 Å². The summed E-state index contributed by atoms with van der Waals surface area (Å²) >= 11 is 0. The molecule has 0 aromatic rings. The minimum atomic E-state index is -5.06. The lowest BCUT2D eigenvalue weighted by Gasteiger charge is -2.41. The lowest BCUT2D eigenvalue weighted by atomic mass is 9.99. The van der Waals surface area contributed by atoms with Crippen LogP contribution < -0.4 is 0 Å². The van der Waals surface area contributed by atoms with Crippen LogP contribution in [0.2, 0.25) is 0 Å². The third kappa shape index (κ3) is 26.5. The second-order valence-corrected chi connectivity index (χ2v) is 14.5. The van der Waals surface area contributed by atoms with E-state index in [0.717, 1.165) is 70.6 Å². The van der Waals surface area contributed by atoms with Crippen molar-refractivity contribution in [3.63, 3.8) is 0 Å². The first-order valence-corrected chi connectivity index (χ1v) is 21.3. The fourth-order valence-electron chi connectivity index (χ4n) is 5.72. The van der Waals surface area contributed by atoms with E-state index < -0.39 is 59.8 Å². The molecular weight excluding hydrogens is 704 g/mol. The molecule has 1 aliphatic rings. The molecule has 0 bridgehead atoms. The number of carbonyl (C=O) groups excluding carboxylic acids is 1. The molecule has 1 heterocycles. The molecule has 0 amide bonds. The van der Waals surface area contributed by atoms with Gasteiger partial charge < -0.3 is 34.3 Å². The molecular formula is C40H70O12S. The molecule has 53 heavy (non-hydrogen) atoms. The molecule has 0 aliphatic carbocycles. The first-order chi connectivity index (χ1) is 25.6. The van der Waals surface area contributed by atoms with E-state index in [1.807, 2.05) is 0 Å². The highest BCUT2D eigenvalue weighted by Gasteiger charge is 2.48. The number of rotatable bonds is 33. The Balaban J connectivity index is 2.51. The van der Waals surface area contributed by atoms with Crippen molar-refractivity contribution in [1.82, 2.24) is 0 Å². The molecule has 0 saturated carbocycles. The lowest BCUT2D eigenvalue weighted by molar-refractivity contribution is -0.301. The van der Waals surface area contributed by atoms with Gasteiger partial charge in [0.25, 0.3) is 0 Å². The zero-order valence-corrected chi connectivity index (χ0v) is 33.1. The monoisotopic (exact) mass is 774 g/mol. The molecule has 12 nitrogen and oxygen atoms in total. The van der Waals surface area contributed by atoms with Gasteiger partial charge in [0, 0.05) is 13.0 Å². The maximum atomic E-state index is 12.7. The van der Waals surface area contributed by atoms with Crippen LogP contribution in [0, 0.1) is 0 Å². The zero-order valence-electron chi connectivity index (χ0n) is 32.3. The molecule has 6 atom stereocenters. The maximum absolute atomic E-state index is 12.7. The van der Waals surface area contributed by atoms with Crippen LogP contribution in [0.15, 0.2) is 48.6 Å². The Morgan fingerprint density at radius 2 is 1.30 bits per heavy atom. The number of esters is 1. The van der Waals surface area contributed by atoms with Crippen LogP contribution in [0.25, 0.3) is 0 Å². The summed E-state index contributed by atoms with van der Waals surface area (Å²) in [5, 5.41) is 30.5. The molecule has 0 aromatic heterocycles. The van der Waals surface area contributed by atoms with Gasteiger partial charge in [-0.2, -0.15) is 8.42 Å². The first-order valence-electron chi connectivity index (χ1n) is 19.9. The van der Waals surface area contributed by atoms with Gasteiger partial charge in [0.2, 0.25) is 0 Å². The summed E-state index contributed by atoms with van der Waals surface area (Å²) in [5.41, 5.74) is 0. The number of unbranched alkanes of at least 4 members (excludes halogenated alkanes) is 12. The summed E-state index contributed by atoms with van der Waals surface area (Å²) in [7, 11) is -5.06. The Kier molecular flexibility index (Phi) is 29.9. The summed E-state index contributed by atoms with van der Waals surface area (Å²) in [6, 6.07) is 0. The molecule has 13 heteroatoms. The number of allylic oxidation sites excluding steroid dienone is 8. The van der Waals surface area contributed by atoms with Crippen LogP contribution in [0.4, 0.5) is 0 Å². The SMILES string of the molecule is CC/C=C\C/C=C\C/C=C\C/C=C\CCCCCOCC(COC1OC(CO)C(O)C(OS(=O)(=O)O)C1O)OC(=O)CCCCCCCCCCCC. The zero-order chi connectivity index (χ0) is 39.0. The molecule has 6 unspecified atom stereocenters. The topological polar surface area (TPSA) is 178 Å². The predicted octanol–water partition coefficient (Wildman–Crippen LogP) is 7.23. The molecule has 1 rings (SSSR count). The minimum Gasteiger partial charge on any atom is -0.457 e. The molecule has 1 aliphatic heterocycles. The normalized spacial score (nSPS) is 21.8. The number of hydrogen-bond donors (Lipinski definition) is 4. The Labute approximate surface area is 319 Å². The molecule has 1 saturated heterocycles. The fraction of sp³-hybridized carbons (Fsp3) is 0.775. The van der Waals surface area contributed by atoms with Crippen molar-refractivity contribution in [3.05, 3.63) is 48.6 Å². The minimum absolute atomic E-state index is 0.0143. The van der Waals surface area contributed by atoms with Gasteiger partial charge in [-0.15, -0.1) is 0 Å². The van der Waals surface area contributed by atoms with Crippen LogP contribution in [-0.4, -0.2) is 97.5 Å². The number of ether oxygens (including phenoxy) is 4. The highest BCUT2D eigenvalue weighted by Crippen LogP contribution is 2.26. The van der Waals surface area contributed by atoms with Crippen LogP contribution in [-0.2, 0) is 38.3 Å². The molecule has 4 N–H and O–H groups in total. The third-order valence-corrected chi connectivity index (χ3v) is 9.18. The van der Waals surface area contributed by atoms with E-state index in [0.29, 0.717) is 13.0 Å². The van der Waals surface area contributed by atoms with Crippen molar-refractivity contribution in [2.45, 2.75) is 173 Å². The van der Waals surface area contributed by atoms with Crippen LogP contribution in [0.3, 0.4) is 0 Å². The predicted molar refractivity (Wildman–Crippen MR) is 206 cm³/mol. The average molecular weight is 775 g/mol. The first kappa shape index (κ1) is 49.1. The van der Waals surface area contributed by atoms with Gasteiger partial charge in [0.05, 0.1) is 19.8 Å². The highest BCUT2D eigenvalue weighted by molar-refractivity contribution is 7.80. The van der Waals surface area contributed by atoms with E-state index in [4.69, 9.17) is 23.5 Å². The van der Waals surface area contributed by atoms with Gasteiger partial charge in [-0.1, -0.05) is 127 Å². The van der Waals surface area contributed by atoms with Gasteiger partial charge in [-0.25, -0.2) is 4.18 Å². The van der Waals surface area contributed by atoms with E-state index in [1.54, 1.807) is 0 Å². The Hall–Kier alpha value is -1.94. The van der Waals surface area contributed by atoms with E-state index in [-0.39, 0.29) is 19.6 Å². The molecule has 0 aromatic carbocycles. The summed E-state index contributed by atoms with van der Waals surface area (Å²) in [4.78, 5) is 12.7. The summed E-state index contributed by atoms with van der Waals surface area (Å²) in [6.07, 6.45) is 27.3. The molecule has 0 spiro atoms. The maximum Gasteiger partial charge on any atom is 0.397 e. The third-order valence-electron chi connectivity index (χ3n) is 8.72. The Bertz CT molecular complexity index is 1120. The van der Waals surface area contributed by atoms with Crippen molar-refractivity contribution in [2.24, 2.45) is 0 Å². The fourth-order valence-corrected chi connectivity index (χ4v) is 6.23. The summed E-state index contributed by atoms with van der Waals surface area (Å²) in [6.45, 7) is 3.75. The number of aliphatic hydroxyl groups excluding tert-OH is 3. The number of hydrogen-bond acceptors (Lipinski definition) is 11. The quantitative estimate of drug-likeness (QED) is 0.0228. The molecule has 1 fully saturated rings. The Morgan fingerprint density at radius 3 is 1.89 bits per heavy atom. The van der Waals surface area contributed by atoms with Crippen LogP contribution in [0.1, 0.15) is 136 Å². The van der Waals surface area contributed by atoms with E-state index in [2.05, 4.69) is 66.6 Å². The van der Waals surface area contributed by atoms with Crippen LogP contribution in [0.5, 0.6) is 0 Å². The Morgan fingerprint density at radius 1 is 0.736 bits per heavy atom. The standard InChI is InChI=1S/C40H70O12S/c1-3-5-7-9-11-13-15-16-17-18-19-20-22-24-26-28-30-48-32-34(50-36(42)29-27-25-23-21-14-12-10-8-6-4-2)33-49-40-38(44)39(52-53(45,46)47)37(43)35(31-41)51-40/h5,7,11,13,16-17,19-20,34-35,37-41,43-44H,3-4,6,8-10,12,14-15,18,21-33H2,1-2H3,(H,45,46,47)/b7-5-,13-11-,17-16-,20-19-. The highest BCUT2D eigenvalue weighted by atomic mass is 32.3.